The van der Waals surface area contributed by atoms with Crippen LogP contribution in [-0.2, 0) is 10.0 Å². The molecule has 0 atom stereocenters. The highest BCUT2D eigenvalue weighted by Gasteiger charge is 2.32. The summed E-state index contributed by atoms with van der Waals surface area (Å²) in [6.07, 6.45) is 7.12. The van der Waals surface area contributed by atoms with Gasteiger partial charge in [0.15, 0.2) is 0 Å². The number of hydrogen-bond donors (Lipinski definition) is 0. The number of hydrogen-bond acceptors (Lipinski definition) is 4. The molecule has 0 aliphatic carbocycles. The van der Waals surface area contributed by atoms with Gasteiger partial charge in [0, 0.05) is 25.3 Å². The molecule has 0 amide bonds. The van der Waals surface area contributed by atoms with Crippen molar-refractivity contribution in [2.75, 3.05) is 26.2 Å². The first-order valence-electron chi connectivity index (χ1n) is 10.3. The molecule has 2 fully saturated rings. The molecule has 6 heteroatoms. The number of sulfonamides is 1. The molecule has 2 heterocycles. The van der Waals surface area contributed by atoms with Crippen molar-refractivity contribution in [2.24, 2.45) is 10.9 Å². The predicted octanol–water partition coefficient (Wildman–Crippen LogP) is 3.99. The Kier molecular flexibility index (Phi) is 6.71. The second-order valence-corrected chi connectivity index (χ2v) is 9.96. The van der Waals surface area contributed by atoms with Crippen molar-refractivity contribution in [1.29, 1.82) is 0 Å². The first kappa shape index (κ1) is 20.5. The van der Waals surface area contributed by atoms with E-state index in [1.807, 2.05) is 26.1 Å². The molecule has 1 aromatic carbocycles. The molecule has 0 saturated carbocycles. The molecular weight excluding hydrogens is 358 g/mol. The Bertz CT molecular complexity index is 760. The summed E-state index contributed by atoms with van der Waals surface area (Å²) < 4.78 is 27.8. The fourth-order valence-corrected chi connectivity index (χ4v) is 5.67. The minimum absolute atomic E-state index is 0.390. The average Bonchev–Trinajstić information content (AvgIpc) is 2.67. The fraction of sp³-hybridized carbons (Fsp3) is 0.667. The molecule has 5 nitrogen and oxygen atoms in total. The van der Waals surface area contributed by atoms with Gasteiger partial charge in [0.25, 0.3) is 0 Å². The van der Waals surface area contributed by atoms with Crippen molar-refractivity contribution in [3.8, 4) is 0 Å². The summed E-state index contributed by atoms with van der Waals surface area (Å²) in [5, 5.41) is 0. The summed E-state index contributed by atoms with van der Waals surface area (Å²) in [5.41, 5.74) is 1.74. The molecule has 27 heavy (non-hydrogen) atoms. The van der Waals surface area contributed by atoms with Crippen LogP contribution < -0.4 is 0 Å². The van der Waals surface area contributed by atoms with E-state index < -0.39 is 10.0 Å². The van der Waals surface area contributed by atoms with E-state index in [4.69, 9.17) is 0 Å². The Morgan fingerprint density at radius 3 is 2.37 bits per heavy atom. The first-order valence-corrected chi connectivity index (χ1v) is 11.7. The molecule has 0 unspecified atom stereocenters. The molecule has 2 aliphatic rings. The van der Waals surface area contributed by atoms with E-state index in [2.05, 4.69) is 16.8 Å². The molecule has 0 aromatic heterocycles. The van der Waals surface area contributed by atoms with Crippen molar-refractivity contribution >= 4 is 21.9 Å². The van der Waals surface area contributed by atoms with E-state index in [1.165, 1.54) is 12.8 Å². The van der Waals surface area contributed by atoms with Crippen LogP contribution >= 0.6 is 0 Å². The van der Waals surface area contributed by atoms with E-state index >= 15 is 0 Å². The highest BCUT2D eigenvalue weighted by atomic mass is 32.2. The van der Waals surface area contributed by atoms with Gasteiger partial charge in [-0.1, -0.05) is 13.8 Å². The van der Waals surface area contributed by atoms with Gasteiger partial charge in [0.05, 0.1) is 10.6 Å². The van der Waals surface area contributed by atoms with E-state index in [1.54, 1.807) is 16.4 Å². The lowest BCUT2D eigenvalue weighted by atomic mass is 9.95. The summed E-state index contributed by atoms with van der Waals surface area (Å²) in [7, 11) is -3.42. The van der Waals surface area contributed by atoms with E-state index in [-0.39, 0.29) is 0 Å². The van der Waals surface area contributed by atoms with Gasteiger partial charge >= 0.3 is 0 Å². The molecule has 0 radical (unpaired) electrons. The van der Waals surface area contributed by atoms with Crippen molar-refractivity contribution in [3.63, 3.8) is 0 Å². The maximum atomic E-state index is 13.1. The van der Waals surface area contributed by atoms with Gasteiger partial charge in [0.2, 0.25) is 10.0 Å². The van der Waals surface area contributed by atoms with Gasteiger partial charge in [-0.05, 0) is 81.8 Å². The van der Waals surface area contributed by atoms with Crippen LogP contribution in [0.4, 0.5) is 5.69 Å². The maximum Gasteiger partial charge on any atom is 0.243 e. The second-order valence-electron chi connectivity index (χ2n) is 8.02. The van der Waals surface area contributed by atoms with Crippen LogP contribution in [0.15, 0.2) is 28.1 Å². The third-order valence-electron chi connectivity index (χ3n) is 5.98. The zero-order valence-corrected chi connectivity index (χ0v) is 17.7. The van der Waals surface area contributed by atoms with Crippen LogP contribution in [0, 0.1) is 12.8 Å². The molecule has 1 aromatic rings. The second kappa shape index (κ2) is 8.84. The number of rotatable bonds is 5. The molecule has 150 valence electrons. The van der Waals surface area contributed by atoms with Crippen molar-refractivity contribution < 1.29 is 8.42 Å². The molecule has 0 bridgehead atoms. The monoisotopic (exact) mass is 391 g/mol. The highest BCUT2D eigenvalue weighted by Crippen LogP contribution is 2.28. The number of likely N-dealkylation sites (tertiary alicyclic amines) is 1. The summed E-state index contributed by atoms with van der Waals surface area (Å²) in [4.78, 5) is 7.36. The molecule has 2 aliphatic heterocycles. The molecule has 3 rings (SSSR count). The van der Waals surface area contributed by atoms with Crippen LogP contribution in [0.1, 0.15) is 51.5 Å². The van der Waals surface area contributed by atoms with E-state index in [0.717, 1.165) is 49.5 Å². The van der Waals surface area contributed by atoms with Crippen LogP contribution in [0.3, 0.4) is 0 Å². The number of aliphatic imine (C=N–C) groups is 1. The van der Waals surface area contributed by atoms with Gasteiger partial charge in [-0.25, -0.2) is 8.42 Å². The summed E-state index contributed by atoms with van der Waals surface area (Å²) in [5.74, 6) is 0.828. The Morgan fingerprint density at radius 2 is 1.78 bits per heavy atom. The normalized spacial score (nSPS) is 21.9. The van der Waals surface area contributed by atoms with E-state index in [9.17, 15) is 8.42 Å². The zero-order valence-electron chi connectivity index (χ0n) is 16.9. The smallest absolute Gasteiger partial charge is 0.243 e. The van der Waals surface area contributed by atoms with Crippen LogP contribution in [0.5, 0.6) is 0 Å². The summed E-state index contributed by atoms with van der Waals surface area (Å²) in [6, 6.07) is 5.81. The lowest BCUT2D eigenvalue weighted by Gasteiger charge is -2.41. The van der Waals surface area contributed by atoms with Gasteiger partial charge in [0.1, 0.15) is 0 Å². The Morgan fingerprint density at radius 1 is 1.11 bits per heavy atom. The SMILES string of the molecule is CC/C=N\c1ccc(S(=O)(=O)N2CCC(N3CCC(C)CC3)CC2)cc1C. The van der Waals surface area contributed by atoms with Crippen LogP contribution in [0.2, 0.25) is 0 Å². The molecular formula is C21H33N3O2S. The third kappa shape index (κ3) is 4.79. The molecule has 2 saturated heterocycles. The summed E-state index contributed by atoms with van der Waals surface area (Å²) in [6.45, 7) is 9.85. The number of benzene rings is 1. The van der Waals surface area contributed by atoms with E-state index in [0.29, 0.717) is 24.0 Å². The Labute approximate surface area is 164 Å². The molecule has 0 N–H and O–H groups in total. The summed E-state index contributed by atoms with van der Waals surface area (Å²) >= 11 is 0. The topological polar surface area (TPSA) is 53.0 Å². The highest BCUT2D eigenvalue weighted by molar-refractivity contribution is 7.89. The standard InChI is InChI=1S/C21H33N3O2S/c1-4-11-22-21-6-5-20(16-18(21)3)27(25,26)24-14-9-19(10-15-24)23-12-7-17(2)8-13-23/h5-6,11,16-17,19H,4,7-10,12-15H2,1-3H3/b22-11-. The number of piperidine rings is 2. The third-order valence-corrected chi connectivity index (χ3v) is 7.87. The van der Waals surface area contributed by atoms with Gasteiger partial charge < -0.3 is 4.90 Å². The minimum atomic E-state index is -3.42. The van der Waals surface area contributed by atoms with Gasteiger partial charge in [-0.15, -0.1) is 0 Å². The first-order chi connectivity index (χ1) is 12.9. The largest absolute Gasteiger partial charge is 0.300 e. The van der Waals surface area contributed by atoms with Gasteiger partial charge in [-0.3, -0.25) is 4.99 Å². The van der Waals surface area contributed by atoms with Crippen LogP contribution in [0.25, 0.3) is 0 Å². The maximum absolute atomic E-state index is 13.1. The Hall–Kier alpha value is -1.24. The zero-order chi connectivity index (χ0) is 19.4. The molecule has 0 spiro atoms. The minimum Gasteiger partial charge on any atom is -0.300 e. The van der Waals surface area contributed by atoms with Gasteiger partial charge in [-0.2, -0.15) is 4.31 Å². The average molecular weight is 392 g/mol. The van der Waals surface area contributed by atoms with Crippen molar-refractivity contribution in [1.82, 2.24) is 9.21 Å². The predicted molar refractivity (Wildman–Crippen MR) is 111 cm³/mol. The van der Waals surface area contributed by atoms with Crippen molar-refractivity contribution in [3.05, 3.63) is 23.8 Å². The van der Waals surface area contributed by atoms with Crippen LogP contribution in [-0.4, -0.2) is 56.1 Å². The van der Waals surface area contributed by atoms with Crippen molar-refractivity contribution in [2.45, 2.75) is 63.8 Å². The number of aryl methyl sites for hydroxylation is 1. The quantitative estimate of drug-likeness (QED) is 0.713. The number of nitrogens with zero attached hydrogens (tertiary/aromatic N) is 3. The Balaban J connectivity index is 1.64. The lowest BCUT2D eigenvalue weighted by Crippen LogP contribution is -2.48. The fourth-order valence-electron chi connectivity index (χ4n) is 4.11. The lowest BCUT2D eigenvalue weighted by molar-refractivity contribution is 0.101.